The van der Waals surface area contributed by atoms with E-state index in [1.807, 2.05) is 0 Å². The summed E-state index contributed by atoms with van der Waals surface area (Å²) in [6.07, 6.45) is 0. The minimum absolute atomic E-state index is 0. The first-order valence-corrected chi connectivity index (χ1v) is 2.89. The third kappa shape index (κ3) is 22.9. The van der Waals surface area contributed by atoms with Crippen molar-refractivity contribution in [3.05, 3.63) is 0 Å². The van der Waals surface area contributed by atoms with Gasteiger partial charge in [0.2, 0.25) is 0 Å². The van der Waals surface area contributed by atoms with Gasteiger partial charge < -0.3 is 10.8 Å². The maximum absolute atomic E-state index is 3.31. The molecule has 0 aliphatic heterocycles. The molecule has 0 heterocycles. The van der Waals surface area contributed by atoms with Gasteiger partial charge in [0, 0.05) is 12.1 Å². The molecule has 0 radical (unpaired) electrons. The van der Waals surface area contributed by atoms with Crippen molar-refractivity contribution in [2.45, 2.75) is 39.8 Å². The molecule has 56 valence electrons. The summed E-state index contributed by atoms with van der Waals surface area (Å²) in [5.41, 5.74) is 0. The number of nitrogens with one attached hydrogen (secondary N) is 1. The minimum atomic E-state index is 0. The van der Waals surface area contributed by atoms with Crippen molar-refractivity contribution in [3.8, 4) is 0 Å². The number of hydrogen-bond donors (Lipinski definition) is 1. The van der Waals surface area contributed by atoms with E-state index in [0.29, 0.717) is 12.1 Å². The molecule has 0 fully saturated rings. The molecular formula is C6H19Li2NO. The molecule has 0 saturated carbocycles. The Labute approximate surface area is 88.2 Å². The topological polar surface area (TPSA) is 43.5 Å². The summed E-state index contributed by atoms with van der Waals surface area (Å²) >= 11 is 0. The molecule has 10 heavy (non-hydrogen) atoms. The first-order chi connectivity index (χ1) is 3.13. The summed E-state index contributed by atoms with van der Waals surface area (Å²) in [4.78, 5) is 0. The van der Waals surface area contributed by atoms with Crippen molar-refractivity contribution in [1.82, 2.24) is 5.32 Å². The Morgan fingerprint density at radius 3 is 1.00 bits per heavy atom. The van der Waals surface area contributed by atoms with Gasteiger partial charge in [-0.05, 0) is 0 Å². The molecule has 0 atom stereocenters. The quantitative estimate of drug-likeness (QED) is 0.498. The van der Waals surface area contributed by atoms with Crippen LogP contribution >= 0.6 is 0 Å². The van der Waals surface area contributed by atoms with Crippen molar-refractivity contribution in [1.29, 1.82) is 0 Å². The average molecular weight is 135 g/mol. The SMILES string of the molecule is CC(C)NC(C)C.O.[LiH].[LiH]. The molecule has 0 spiro atoms. The van der Waals surface area contributed by atoms with E-state index in [4.69, 9.17) is 0 Å². The fourth-order valence-corrected chi connectivity index (χ4v) is 0.667. The van der Waals surface area contributed by atoms with Crippen LogP contribution < -0.4 is 5.32 Å². The fraction of sp³-hybridized carbons (Fsp3) is 1.00. The molecule has 0 aliphatic carbocycles. The van der Waals surface area contributed by atoms with Gasteiger partial charge in [0.15, 0.2) is 0 Å². The normalized spacial score (nSPS) is 7.80. The number of hydrogen-bond acceptors (Lipinski definition) is 1. The second-order valence-electron chi connectivity index (χ2n) is 2.48. The van der Waals surface area contributed by atoms with Gasteiger partial charge in [-0.3, -0.25) is 0 Å². The molecule has 0 aromatic heterocycles. The predicted octanol–water partition coefficient (Wildman–Crippen LogP) is -0.729. The second-order valence-corrected chi connectivity index (χ2v) is 2.48. The van der Waals surface area contributed by atoms with Crippen LogP contribution in [0.3, 0.4) is 0 Å². The fourth-order valence-electron chi connectivity index (χ4n) is 0.667. The summed E-state index contributed by atoms with van der Waals surface area (Å²) in [6, 6.07) is 1.25. The summed E-state index contributed by atoms with van der Waals surface area (Å²) in [6.45, 7) is 8.61. The van der Waals surface area contributed by atoms with Crippen LogP contribution in [-0.4, -0.2) is 55.3 Å². The Balaban J connectivity index is -0.0000000600. The van der Waals surface area contributed by atoms with Crippen LogP contribution in [0.2, 0.25) is 0 Å². The Morgan fingerprint density at radius 1 is 0.800 bits per heavy atom. The molecule has 0 amide bonds. The van der Waals surface area contributed by atoms with Crippen LogP contribution in [0.1, 0.15) is 27.7 Å². The van der Waals surface area contributed by atoms with E-state index in [2.05, 4.69) is 33.0 Å². The first-order valence-electron chi connectivity index (χ1n) is 2.89. The van der Waals surface area contributed by atoms with E-state index in [1.54, 1.807) is 0 Å². The van der Waals surface area contributed by atoms with Crippen LogP contribution in [0, 0.1) is 0 Å². The van der Waals surface area contributed by atoms with Crippen LogP contribution in [0.5, 0.6) is 0 Å². The van der Waals surface area contributed by atoms with Crippen molar-refractivity contribution >= 4 is 37.7 Å². The van der Waals surface area contributed by atoms with E-state index in [1.165, 1.54) is 0 Å². The predicted molar refractivity (Wildman–Crippen MR) is 51.3 cm³/mol. The average Bonchev–Trinajstić information content (AvgIpc) is 1.27. The Morgan fingerprint density at radius 2 is 1.00 bits per heavy atom. The van der Waals surface area contributed by atoms with Gasteiger partial charge in [-0.15, -0.1) is 0 Å². The van der Waals surface area contributed by atoms with Crippen LogP contribution in [-0.2, 0) is 0 Å². The monoisotopic (exact) mass is 135 g/mol. The van der Waals surface area contributed by atoms with E-state index in [-0.39, 0.29) is 43.2 Å². The number of rotatable bonds is 2. The second kappa shape index (κ2) is 12.8. The van der Waals surface area contributed by atoms with E-state index in [9.17, 15) is 0 Å². The molecule has 0 aromatic carbocycles. The Bertz CT molecular complexity index is 45.0. The standard InChI is InChI=1S/C6H15N.2Li.H2O.2H/c1-5(2)7-6(3)4;;;;;/h5-7H,1-4H3;;;1H2;;. The third-order valence-electron chi connectivity index (χ3n) is 0.667. The van der Waals surface area contributed by atoms with Gasteiger partial charge in [-0.2, -0.15) is 0 Å². The molecule has 0 saturated heterocycles. The zero-order valence-corrected chi connectivity index (χ0v) is 6.15. The van der Waals surface area contributed by atoms with Crippen LogP contribution in [0.4, 0.5) is 0 Å². The van der Waals surface area contributed by atoms with Gasteiger partial charge in [-0.25, -0.2) is 0 Å². The molecule has 0 rings (SSSR count). The third-order valence-corrected chi connectivity index (χ3v) is 0.667. The van der Waals surface area contributed by atoms with Gasteiger partial charge in [0.25, 0.3) is 0 Å². The van der Waals surface area contributed by atoms with Gasteiger partial charge in [0.05, 0.1) is 0 Å². The van der Waals surface area contributed by atoms with Crippen molar-refractivity contribution in [2.75, 3.05) is 0 Å². The summed E-state index contributed by atoms with van der Waals surface area (Å²) in [5, 5.41) is 3.31. The van der Waals surface area contributed by atoms with E-state index < -0.39 is 0 Å². The Hall–Kier alpha value is 1.11. The van der Waals surface area contributed by atoms with Gasteiger partial charge in [0.1, 0.15) is 0 Å². The van der Waals surface area contributed by atoms with E-state index in [0.717, 1.165) is 0 Å². The van der Waals surface area contributed by atoms with Gasteiger partial charge in [-0.1, -0.05) is 27.7 Å². The molecule has 0 aliphatic rings. The van der Waals surface area contributed by atoms with Crippen molar-refractivity contribution < 1.29 is 5.48 Å². The molecule has 0 aromatic rings. The zero-order chi connectivity index (χ0) is 5.86. The molecule has 2 nitrogen and oxygen atoms in total. The molecule has 4 heteroatoms. The first kappa shape index (κ1) is 22.5. The summed E-state index contributed by atoms with van der Waals surface area (Å²) < 4.78 is 0. The molecule has 0 bridgehead atoms. The molecule has 0 unspecified atom stereocenters. The molecular weight excluding hydrogens is 116 g/mol. The van der Waals surface area contributed by atoms with Crippen LogP contribution in [0.15, 0.2) is 0 Å². The van der Waals surface area contributed by atoms with Gasteiger partial charge >= 0.3 is 37.7 Å². The summed E-state index contributed by atoms with van der Waals surface area (Å²) in [5.74, 6) is 0. The van der Waals surface area contributed by atoms with Crippen LogP contribution in [0.25, 0.3) is 0 Å². The zero-order valence-electron chi connectivity index (χ0n) is 6.15. The molecule has 3 N–H and O–H groups in total. The van der Waals surface area contributed by atoms with Crippen molar-refractivity contribution in [2.24, 2.45) is 0 Å². The Kier molecular flexibility index (Phi) is 28.7. The van der Waals surface area contributed by atoms with E-state index >= 15 is 0 Å². The van der Waals surface area contributed by atoms with Crippen molar-refractivity contribution in [3.63, 3.8) is 0 Å². The maximum atomic E-state index is 3.31. The summed E-state index contributed by atoms with van der Waals surface area (Å²) in [7, 11) is 0.